The molecule has 3 heterocycles. The molecule has 0 radical (unpaired) electrons. The first-order valence-electron chi connectivity index (χ1n) is 12.9. The Kier molecular flexibility index (Phi) is 10.2. The Balaban J connectivity index is 1.66. The van der Waals surface area contributed by atoms with E-state index in [2.05, 4.69) is 15.0 Å². The standard InChI is InChI=1S/C24H36FN7O8/c1-5-11(4)17(27)22(35)38-8-14(40-23(36)16(26)10(2)3)21(34)37-7-13-12(25)6-15(39-13)32-9-29-18-19(32)30-24(28)31-20(18)33/h9-17H,5-8,26-27H2,1-4H3,(H3,28,30,31,33)/t11-,12?,13?,14?,15?,16+,17+/m1/s1. The number of hydrogen-bond donors (Lipinski definition) is 4. The molecule has 222 valence electrons. The number of nitrogens with one attached hydrogen (secondary N) is 1. The number of carbonyl (C=O) groups is 3. The highest BCUT2D eigenvalue weighted by Gasteiger charge is 2.39. The second-order valence-corrected chi connectivity index (χ2v) is 10.0. The fourth-order valence-electron chi connectivity index (χ4n) is 3.80. The minimum atomic E-state index is -1.67. The molecule has 16 heteroatoms. The summed E-state index contributed by atoms with van der Waals surface area (Å²) in [5.41, 5.74) is 16.8. The number of imidazole rings is 1. The predicted molar refractivity (Wildman–Crippen MR) is 138 cm³/mol. The van der Waals surface area contributed by atoms with E-state index in [1.807, 2.05) is 6.92 Å². The summed E-state index contributed by atoms with van der Waals surface area (Å²) in [6, 6.07) is -2.01. The number of anilines is 1. The fraction of sp³-hybridized carbons (Fsp3) is 0.667. The molecule has 0 bridgehead atoms. The van der Waals surface area contributed by atoms with Gasteiger partial charge in [0, 0.05) is 6.42 Å². The van der Waals surface area contributed by atoms with Gasteiger partial charge in [-0.2, -0.15) is 4.98 Å². The maximum absolute atomic E-state index is 14.8. The van der Waals surface area contributed by atoms with Crippen molar-refractivity contribution in [2.45, 2.75) is 77.2 Å². The predicted octanol–water partition coefficient (Wildman–Crippen LogP) is -0.318. The van der Waals surface area contributed by atoms with E-state index >= 15 is 0 Å². The Bertz CT molecular complexity index is 1270. The Morgan fingerprint density at radius 3 is 2.52 bits per heavy atom. The third-order valence-electron chi connectivity index (χ3n) is 6.73. The lowest BCUT2D eigenvalue weighted by Crippen LogP contribution is -2.45. The molecular formula is C24H36FN7O8. The number of aromatic nitrogens is 4. The van der Waals surface area contributed by atoms with Crippen molar-refractivity contribution in [2.24, 2.45) is 23.3 Å². The van der Waals surface area contributed by atoms with Crippen molar-refractivity contribution in [3.8, 4) is 0 Å². The van der Waals surface area contributed by atoms with Gasteiger partial charge in [-0.3, -0.25) is 23.9 Å². The molecule has 7 atom stereocenters. The monoisotopic (exact) mass is 569 g/mol. The fourth-order valence-corrected chi connectivity index (χ4v) is 3.80. The molecule has 2 aromatic heterocycles. The van der Waals surface area contributed by atoms with Gasteiger partial charge in [0.2, 0.25) is 12.1 Å². The third-order valence-corrected chi connectivity index (χ3v) is 6.73. The molecule has 3 rings (SSSR count). The summed E-state index contributed by atoms with van der Waals surface area (Å²) in [5, 5.41) is 0. The number of alkyl halides is 1. The Morgan fingerprint density at radius 1 is 1.18 bits per heavy atom. The van der Waals surface area contributed by atoms with Gasteiger partial charge in [0.05, 0.1) is 6.33 Å². The minimum absolute atomic E-state index is 0.00468. The lowest BCUT2D eigenvalue weighted by molar-refractivity contribution is -0.178. The van der Waals surface area contributed by atoms with E-state index in [9.17, 15) is 23.6 Å². The van der Waals surface area contributed by atoms with Crippen LogP contribution in [0.1, 0.15) is 46.8 Å². The van der Waals surface area contributed by atoms with Gasteiger partial charge in [-0.15, -0.1) is 0 Å². The molecule has 1 saturated heterocycles. The molecule has 1 fully saturated rings. The Labute approximate surface area is 228 Å². The van der Waals surface area contributed by atoms with Crippen LogP contribution in [0.25, 0.3) is 11.2 Å². The summed E-state index contributed by atoms with van der Waals surface area (Å²) in [6.45, 7) is 5.75. The lowest BCUT2D eigenvalue weighted by Gasteiger charge is -2.23. The summed E-state index contributed by atoms with van der Waals surface area (Å²) in [7, 11) is 0. The lowest BCUT2D eigenvalue weighted by atomic mass is 10.0. The molecule has 0 amide bonds. The summed E-state index contributed by atoms with van der Waals surface area (Å²) in [5.74, 6) is -3.44. The van der Waals surface area contributed by atoms with Crippen molar-refractivity contribution in [2.75, 3.05) is 18.9 Å². The van der Waals surface area contributed by atoms with Gasteiger partial charge in [0.15, 0.2) is 11.2 Å². The topological polar surface area (TPSA) is 230 Å². The van der Waals surface area contributed by atoms with Crippen LogP contribution >= 0.6 is 0 Å². The van der Waals surface area contributed by atoms with E-state index < -0.39 is 73.4 Å². The molecule has 7 N–H and O–H groups in total. The van der Waals surface area contributed by atoms with Crippen molar-refractivity contribution in [3.63, 3.8) is 0 Å². The first-order chi connectivity index (χ1) is 18.8. The van der Waals surface area contributed by atoms with Gasteiger partial charge >= 0.3 is 17.9 Å². The van der Waals surface area contributed by atoms with E-state index in [0.717, 1.165) is 0 Å². The number of hydrogen-bond acceptors (Lipinski definition) is 13. The normalized spacial score (nSPS) is 22.1. The number of nitrogen functional groups attached to an aromatic ring is 1. The van der Waals surface area contributed by atoms with Crippen molar-refractivity contribution in [3.05, 3.63) is 16.7 Å². The number of nitrogens with zero attached hydrogens (tertiary/aromatic N) is 3. The number of nitrogens with two attached hydrogens (primary N) is 3. The Hall–Kier alpha value is -3.63. The number of esters is 3. The molecule has 0 aromatic carbocycles. The highest BCUT2D eigenvalue weighted by molar-refractivity contribution is 5.82. The molecule has 0 aliphatic carbocycles. The molecule has 2 aromatic rings. The number of ether oxygens (including phenoxy) is 4. The number of halogens is 1. The first-order valence-corrected chi connectivity index (χ1v) is 12.9. The van der Waals surface area contributed by atoms with Gasteiger partial charge in [-0.1, -0.05) is 34.1 Å². The first kappa shape index (κ1) is 30.9. The Morgan fingerprint density at radius 2 is 1.88 bits per heavy atom. The summed E-state index contributed by atoms with van der Waals surface area (Å²) >= 11 is 0. The van der Waals surface area contributed by atoms with E-state index in [0.29, 0.717) is 6.42 Å². The van der Waals surface area contributed by atoms with Gasteiger partial charge in [0.25, 0.3) is 5.56 Å². The van der Waals surface area contributed by atoms with Crippen molar-refractivity contribution >= 4 is 35.0 Å². The number of aromatic amines is 1. The van der Waals surface area contributed by atoms with Crippen LogP contribution in [0.3, 0.4) is 0 Å². The second-order valence-electron chi connectivity index (χ2n) is 10.0. The summed E-state index contributed by atoms with van der Waals surface area (Å²) in [4.78, 5) is 59.9. The number of rotatable bonds is 12. The van der Waals surface area contributed by atoms with Crippen molar-refractivity contribution in [1.82, 2.24) is 19.5 Å². The van der Waals surface area contributed by atoms with E-state index in [4.69, 9.17) is 36.1 Å². The molecule has 0 spiro atoms. The zero-order chi connectivity index (χ0) is 29.7. The molecule has 1 aliphatic heterocycles. The quantitative estimate of drug-likeness (QED) is 0.190. The zero-order valence-electron chi connectivity index (χ0n) is 22.7. The van der Waals surface area contributed by atoms with Gasteiger partial charge in [-0.25, -0.2) is 14.2 Å². The van der Waals surface area contributed by atoms with Crippen LogP contribution in [-0.2, 0) is 33.3 Å². The van der Waals surface area contributed by atoms with Crippen molar-refractivity contribution < 1.29 is 37.7 Å². The second kappa shape index (κ2) is 13.1. The minimum Gasteiger partial charge on any atom is -0.460 e. The maximum atomic E-state index is 14.8. The van der Waals surface area contributed by atoms with Crippen LogP contribution in [0.4, 0.5) is 10.3 Å². The van der Waals surface area contributed by atoms with Crippen LogP contribution < -0.4 is 22.8 Å². The highest BCUT2D eigenvalue weighted by Crippen LogP contribution is 2.32. The average Bonchev–Trinajstić information content (AvgIpc) is 3.50. The van der Waals surface area contributed by atoms with Crippen molar-refractivity contribution in [1.29, 1.82) is 0 Å². The molecule has 1 aliphatic rings. The zero-order valence-corrected chi connectivity index (χ0v) is 22.7. The van der Waals surface area contributed by atoms with Crippen LogP contribution in [0, 0.1) is 11.8 Å². The molecule has 4 unspecified atom stereocenters. The SMILES string of the molecule is CC[C@@H](C)[C@H](N)C(=O)OCC(OC(=O)[C@@H](N)C(C)C)C(=O)OCC1OC(n2cnc3c(=O)[nH]c(N)nc32)CC1F. The summed E-state index contributed by atoms with van der Waals surface area (Å²) in [6.07, 6.45) is -3.65. The van der Waals surface area contributed by atoms with Gasteiger partial charge < -0.3 is 36.1 Å². The van der Waals surface area contributed by atoms with E-state index in [-0.39, 0.29) is 35.4 Å². The van der Waals surface area contributed by atoms with Gasteiger partial charge in [0.1, 0.15) is 43.8 Å². The number of fused-ring (bicyclic) bond motifs is 1. The molecular weight excluding hydrogens is 533 g/mol. The third kappa shape index (κ3) is 7.11. The summed E-state index contributed by atoms with van der Waals surface area (Å²) < 4.78 is 37.4. The molecule has 0 saturated carbocycles. The largest absolute Gasteiger partial charge is 0.460 e. The van der Waals surface area contributed by atoms with Crippen LogP contribution in [0.5, 0.6) is 0 Å². The van der Waals surface area contributed by atoms with E-state index in [1.165, 1.54) is 10.9 Å². The number of carbonyl (C=O) groups excluding carboxylic acids is 3. The van der Waals surface area contributed by atoms with Crippen LogP contribution in [-0.4, -0.2) is 81.1 Å². The highest BCUT2D eigenvalue weighted by atomic mass is 19.1. The van der Waals surface area contributed by atoms with Crippen LogP contribution in [0.15, 0.2) is 11.1 Å². The number of H-pyrrole nitrogens is 1. The van der Waals surface area contributed by atoms with E-state index in [1.54, 1.807) is 20.8 Å². The van der Waals surface area contributed by atoms with Crippen LogP contribution in [0.2, 0.25) is 0 Å². The molecule has 15 nitrogen and oxygen atoms in total. The van der Waals surface area contributed by atoms with Gasteiger partial charge in [-0.05, 0) is 11.8 Å². The smallest absolute Gasteiger partial charge is 0.351 e. The molecule has 40 heavy (non-hydrogen) atoms. The average molecular weight is 570 g/mol. The maximum Gasteiger partial charge on any atom is 0.351 e.